The largest absolute Gasteiger partial charge is 0.351 e. The molecule has 166 valence electrons. The minimum Gasteiger partial charge on any atom is -0.351 e. The third kappa shape index (κ3) is 3.52. The number of urea groups is 1. The van der Waals surface area contributed by atoms with Gasteiger partial charge in [0.05, 0.1) is 17.7 Å². The summed E-state index contributed by atoms with van der Waals surface area (Å²) in [6.07, 6.45) is -0.222. The number of nitrogens with zero attached hydrogens (tertiary/aromatic N) is 4. The first-order valence-electron chi connectivity index (χ1n) is 10.8. The van der Waals surface area contributed by atoms with E-state index in [0.29, 0.717) is 12.6 Å². The maximum absolute atomic E-state index is 14.2. The molecule has 1 aromatic heterocycles. The van der Waals surface area contributed by atoms with Crippen LogP contribution < -0.4 is 16.2 Å². The molecule has 3 saturated heterocycles. The Labute approximate surface area is 178 Å². The maximum atomic E-state index is 14.2. The van der Waals surface area contributed by atoms with Crippen LogP contribution in [0, 0.1) is 18.7 Å². The standard InChI is InChI=1S/C21H34FN7O/c1-12-7-8-16(22)19(23-12)24-18-15-11-29(21(4,5)17(15)25-26-18)20(30)28-10-13(2)27(6)9-14(28)3/h7-8,13-15,17-18,25-26H,9-11H2,1-6H3,(H,23,24)/t13-,14+,15?,17?,18?/m1/s1. The van der Waals surface area contributed by atoms with Gasteiger partial charge in [-0.15, -0.1) is 0 Å². The van der Waals surface area contributed by atoms with E-state index in [1.165, 1.54) is 6.07 Å². The molecule has 3 unspecified atom stereocenters. The molecule has 1 aromatic rings. The van der Waals surface area contributed by atoms with Gasteiger partial charge in [0, 0.05) is 43.3 Å². The van der Waals surface area contributed by atoms with Crippen LogP contribution in [0.1, 0.15) is 33.4 Å². The van der Waals surface area contributed by atoms with E-state index in [9.17, 15) is 9.18 Å². The molecule has 8 nitrogen and oxygen atoms in total. The number of likely N-dealkylation sites (tertiary alicyclic amines) is 1. The molecule has 5 atom stereocenters. The second-order valence-electron chi connectivity index (χ2n) is 9.67. The van der Waals surface area contributed by atoms with E-state index in [1.54, 1.807) is 6.07 Å². The average Bonchev–Trinajstić information content (AvgIpc) is 3.19. The number of rotatable bonds is 2. The number of anilines is 1. The number of carbonyl (C=O) groups is 1. The highest BCUT2D eigenvalue weighted by molar-refractivity contribution is 5.76. The van der Waals surface area contributed by atoms with Crippen LogP contribution >= 0.6 is 0 Å². The van der Waals surface area contributed by atoms with Crippen LogP contribution in [0.2, 0.25) is 0 Å². The van der Waals surface area contributed by atoms with Crippen molar-refractivity contribution in [3.8, 4) is 0 Å². The summed E-state index contributed by atoms with van der Waals surface area (Å²) in [6, 6.07) is 3.71. The van der Waals surface area contributed by atoms with Crippen molar-refractivity contribution in [3.05, 3.63) is 23.6 Å². The molecule has 2 amide bonds. The third-order valence-corrected chi connectivity index (χ3v) is 7.15. The Kier molecular flexibility index (Phi) is 5.40. The number of hydrogen-bond donors (Lipinski definition) is 3. The topological polar surface area (TPSA) is 75.8 Å². The van der Waals surface area contributed by atoms with E-state index in [2.05, 4.69) is 60.8 Å². The lowest BCUT2D eigenvalue weighted by atomic mass is 9.90. The van der Waals surface area contributed by atoms with Gasteiger partial charge in [0.2, 0.25) is 0 Å². The molecule has 4 rings (SSSR count). The Hall–Kier alpha value is -1.97. The fourth-order valence-corrected chi connectivity index (χ4v) is 5.09. The van der Waals surface area contributed by atoms with Crippen molar-refractivity contribution in [2.75, 3.05) is 32.0 Å². The summed E-state index contributed by atoms with van der Waals surface area (Å²) in [6.45, 7) is 12.5. The summed E-state index contributed by atoms with van der Waals surface area (Å²) in [4.78, 5) is 24.1. The monoisotopic (exact) mass is 419 g/mol. The highest BCUT2D eigenvalue weighted by atomic mass is 19.1. The number of amides is 2. The van der Waals surface area contributed by atoms with Gasteiger partial charge in [-0.1, -0.05) is 0 Å². The van der Waals surface area contributed by atoms with E-state index in [1.807, 2.05) is 16.7 Å². The van der Waals surface area contributed by atoms with Crippen LogP contribution in [0.3, 0.4) is 0 Å². The predicted octanol–water partition coefficient (Wildman–Crippen LogP) is 1.60. The zero-order chi connectivity index (χ0) is 21.8. The van der Waals surface area contributed by atoms with Crippen LogP contribution in [0.25, 0.3) is 0 Å². The van der Waals surface area contributed by atoms with Crippen molar-refractivity contribution in [1.29, 1.82) is 0 Å². The number of fused-ring (bicyclic) bond motifs is 1. The maximum Gasteiger partial charge on any atom is 0.320 e. The molecule has 0 aliphatic carbocycles. The van der Waals surface area contributed by atoms with Crippen molar-refractivity contribution in [2.45, 2.75) is 64.4 Å². The van der Waals surface area contributed by atoms with Gasteiger partial charge in [0.25, 0.3) is 0 Å². The molecule has 0 spiro atoms. The lowest BCUT2D eigenvalue weighted by Crippen LogP contribution is -2.63. The van der Waals surface area contributed by atoms with Gasteiger partial charge in [-0.2, -0.15) is 0 Å². The number of aryl methyl sites for hydroxylation is 1. The second-order valence-corrected chi connectivity index (χ2v) is 9.67. The summed E-state index contributed by atoms with van der Waals surface area (Å²) in [5.41, 5.74) is 6.96. The lowest BCUT2D eigenvalue weighted by Gasteiger charge is -2.46. The minimum atomic E-state index is -0.379. The highest BCUT2D eigenvalue weighted by Gasteiger charge is 2.56. The highest BCUT2D eigenvalue weighted by Crippen LogP contribution is 2.38. The van der Waals surface area contributed by atoms with Gasteiger partial charge in [0.15, 0.2) is 11.6 Å². The lowest BCUT2D eigenvalue weighted by molar-refractivity contribution is 0.0502. The number of piperazine rings is 1. The van der Waals surface area contributed by atoms with E-state index in [4.69, 9.17) is 0 Å². The van der Waals surface area contributed by atoms with Crippen molar-refractivity contribution >= 4 is 11.8 Å². The molecule has 0 aromatic carbocycles. The third-order valence-electron chi connectivity index (χ3n) is 7.15. The summed E-state index contributed by atoms with van der Waals surface area (Å²) in [7, 11) is 2.11. The minimum absolute atomic E-state index is 0.0482. The normalized spacial score (nSPS) is 33.6. The van der Waals surface area contributed by atoms with E-state index in [0.717, 1.165) is 18.8 Å². The Balaban J connectivity index is 1.51. The van der Waals surface area contributed by atoms with Crippen LogP contribution in [0.5, 0.6) is 0 Å². The number of pyridine rings is 1. The molecule has 3 aliphatic rings. The second kappa shape index (κ2) is 7.62. The number of halogens is 1. The Morgan fingerprint density at radius 1 is 1.20 bits per heavy atom. The molecule has 3 fully saturated rings. The zero-order valence-corrected chi connectivity index (χ0v) is 18.7. The van der Waals surface area contributed by atoms with Crippen molar-refractivity contribution in [1.82, 2.24) is 30.5 Å². The first-order chi connectivity index (χ1) is 14.1. The SMILES string of the molecule is Cc1ccc(F)c(NC2NNC3C2CN(C(=O)N2C[C@@H](C)N(C)C[C@@H]2C)C3(C)C)n1. The number of hydrazine groups is 1. The number of carbonyl (C=O) groups excluding carboxylic acids is 1. The van der Waals surface area contributed by atoms with Crippen molar-refractivity contribution < 1.29 is 9.18 Å². The zero-order valence-electron chi connectivity index (χ0n) is 18.7. The van der Waals surface area contributed by atoms with Crippen LogP contribution in [0.15, 0.2) is 12.1 Å². The smallest absolute Gasteiger partial charge is 0.320 e. The molecular weight excluding hydrogens is 385 g/mol. The van der Waals surface area contributed by atoms with Gasteiger partial charge in [0.1, 0.15) is 0 Å². The van der Waals surface area contributed by atoms with E-state index >= 15 is 0 Å². The Morgan fingerprint density at radius 3 is 2.67 bits per heavy atom. The molecule has 3 N–H and O–H groups in total. The molecule has 30 heavy (non-hydrogen) atoms. The first kappa shape index (κ1) is 21.3. The fraction of sp³-hybridized carbons (Fsp3) is 0.714. The number of hydrogen-bond acceptors (Lipinski definition) is 6. The van der Waals surface area contributed by atoms with Gasteiger partial charge < -0.3 is 15.1 Å². The Morgan fingerprint density at radius 2 is 1.93 bits per heavy atom. The fourth-order valence-electron chi connectivity index (χ4n) is 5.09. The van der Waals surface area contributed by atoms with E-state index in [-0.39, 0.29) is 47.4 Å². The van der Waals surface area contributed by atoms with Gasteiger partial charge >= 0.3 is 6.03 Å². The van der Waals surface area contributed by atoms with Gasteiger partial charge in [-0.05, 0) is 53.8 Å². The number of nitrogens with one attached hydrogen (secondary N) is 3. The summed E-state index contributed by atoms with van der Waals surface area (Å²) in [5.74, 6) is -0.0545. The van der Waals surface area contributed by atoms with Gasteiger partial charge in [-0.25, -0.2) is 19.6 Å². The average molecular weight is 420 g/mol. The molecule has 0 radical (unpaired) electrons. The molecule has 0 bridgehead atoms. The predicted molar refractivity (Wildman–Crippen MR) is 114 cm³/mol. The quantitative estimate of drug-likeness (QED) is 0.676. The van der Waals surface area contributed by atoms with Crippen molar-refractivity contribution in [2.24, 2.45) is 5.92 Å². The summed E-state index contributed by atoms with van der Waals surface area (Å²) >= 11 is 0. The number of aromatic nitrogens is 1. The molecule has 9 heteroatoms. The molecule has 4 heterocycles. The number of likely N-dealkylation sites (N-methyl/N-ethyl adjacent to an activating group) is 1. The molecule has 0 saturated carbocycles. The van der Waals surface area contributed by atoms with Crippen LogP contribution in [-0.4, -0.2) is 82.2 Å². The summed E-state index contributed by atoms with van der Waals surface area (Å²) < 4.78 is 14.2. The molecule has 3 aliphatic heterocycles. The van der Waals surface area contributed by atoms with Crippen LogP contribution in [-0.2, 0) is 0 Å². The van der Waals surface area contributed by atoms with Gasteiger partial charge in [-0.3, -0.25) is 10.3 Å². The Bertz CT molecular complexity index is 819. The summed E-state index contributed by atoms with van der Waals surface area (Å²) in [5, 5.41) is 3.20. The molecular formula is C21H34FN7O. The van der Waals surface area contributed by atoms with Crippen LogP contribution in [0.4, 0.5) is 15.0 Å². The van der Waals surface area contributed by atoms with E-state index < -0.39 is 0 Å². The first-order valence-corrected chi connectivity index (χ1v) is 10.8. The van der Waals surface area contributed by atoms with Crippen molar-refractivity contribution in [3.63, 3.8) is 0 Å².